The molecule has 1 atom stereocenters. The van der Waals surface area contributed by atoms with Crippen molar-refractivity contribution in [2.45, 2.75) is 39.7 Å². The van der Waals surface area contributed by atoms with E-state index in [2.05, 4.69) is 15.4 Å². The zero-order valence-electron chi connectivity index (χ0n) is 14.1. The topological polar surface area (TPSA) is 97.1 Å². The van der Waals surface area contributed by atoms with E-state index in [1.807, 2.05) is 51.1 Å². The first-order valence-electron chi connectivity index (χ1n) is 7.97. The van der Waals surface area contributed by atoms with Crippen molar-refractivity contribution >= 4 is 11.9 Å². The van der Waals surface area contributed by atoms with E-state index in [-0.39, 0.29) is 11.7 Å². The van der Waals surface area contributed by atoms with Crippen LogP contribution in [0.5, 0.6) is 0 Å². The van der Waals surface area contributed by atoms with E-state index in [0.29, 0.717) is 18.7 Å². The number of nitrogens with zero attached hydrogens (tertiary/aromatic N) is 3. The van der Waals surface area contributed by atoms with E-state index in [4.69, 9.17) is 0 Å². The fourth-order valence-corrected chi connectivity index (χ4v) is 2.36. The molecule has 0 saturated carbocycles. The van der Waals surface area contributed by atoms with Gasteiger partial charge in [0.1, 0.15) is 11.9 Å². The Labute approximate surface area is 140 Å². The number of amides is 1. The van der Waals surface area contributed by atoms with E-state index < -0.39 is 17.9 Å². The van der Waals surface area contributed by atoms with Gasteiger partial charge in [0.15, 0.2) is 0 Å². The average Bonchev–Trinajstić information content (AvgIpc) is 2.99. The third-order valence-corrected chi connectivity index (χ3v) is 3.50. The van der Waals surface area contributed by atoms with Crippen LogP contribution in [0.4, 0.5) is 0 Å². The van der Waals surface area contributed by atoms with E-state index in [0.717, 1.165) is 5.69 Å². The molecule has 7 nitrogen and oxygen atoms in total. The maximum absolute atomic E-state index is 12.3. The van der Waals surface area contributed by atoms with Crippen molar-refractivity contribution in [2.24, 2.45) is 5.92 Å². The first-order valence-corrected chi connectivity index (χ1v) is 7.97. The van der Waals surface area contributed by atoms with E-state index in [1.54, 1.807) is 4.68 Å². The lowest BCUT2D eigenvalue weighted by Crippen LogP contribution is -2.42. The molecule has 0 aliphatic rings. The summed E-state index contributed by atoms with van der Waals surface area (Å²) >= 11 is 0. The summed E-state index contributed by atoms with van der Waals surface area (Å²) in [6.07, 6.45) is 0.949. The van der Waals surface area contributed by atoms with Gasteiger partial charge in [-0.05, 0) is 24.5 Å². The quantitative estimate of drug-likeness (QED) is 0.810. The molecule has 0 aliphatic heterocycles. The van der Waals surface area contributed by atoms with Crippen LogP contribution in [0.25, 0.3) is 5.69 Å². The molecule has 0 unspecified atom stereocenters. The molecule has 0 aliphatic carbocycles. The highest BCUT2D eigenvalue weighted by atomic mass is 16.4. The second-order valence-corrected chi connectivity index (χ2v) is 5.95. The number of carbonyl (C=O) groups is 2. The second kappa shape index (κ2) is 7.72. The zero-order chi connectivity index (χ0) is 17.7. The lowest BCUT2D eigenvalue weighted by atomic mass is 10.0. The molecule has 24 heavy (non-hydrogen) atoms. The standard InChI is InChI=1S/C17H22N4O3/c1-4-14-19-15(20-21(14)12-8-6-5-7-9-12)16(22)18-13(17(23)24)10-11(2)3/h5-9,11,13H,4,10H2,1-3H3,(H,18,22)(H,23,24)/t13-/m0/s1. The molecule has 0 fully saturated rings. The summed E-state index contributed by atoms with van der Waals surface area (Å²) in [7, 11) is 0. The zero-order valence-corrected chi connectivity index (χ0v) is 14.1. The van der Waals surface area contributed by atoms with Crippen LogP contribution in [-0.2, 0) is 11.2 Å². The number of hydrogen-bond acceptors (Lipinski definition) is 4. The molecule has 128 valence electrons. The molecule has 1 heterocycles. The number of hydrogen-bond donors (Lipinski definition) is 2. The largest absolute Gasteiger partial charge is 0.480 e. The molecule has 0 bridgehead atoms. The Kier molecular flexibility index (Phi) is 5.68. The van der Waals surface area contributed by atoms with Gasteiger partial charge in [-0.1, -0.05) is 39.0 Å². The van der Waals surface area contributed by atoms with Crippen molar-refractivity contribution in [3.63, 3.8) is 0 Å². The fourth-order valence-electron chi connectivity index (χ4n) is 2.36. The van der Waals surface area contributed by atoms with Gasteiger partial charge in [0.25, 0.3) is 5.91 Å². The Bertz CT molecular complexity index is 710. The van der Waals surface area contributed by atoms with Gasteiger partial charge in [-0.15, -0.1) is 5.10 Å². The number of aliphatic carboxylic acids is 1. The van der Waals surface area contributed by atoms with Crippen LogP contribution in [-0.4, -0.2) is 37.8 Å². The molecule has 2 aromatic rings. The molecule has 0 radical (unpaired) electrons. The third kappa shape index (κ3) is 4.18. The molecule has 1 aromatic heterocycles. The van der Waals surface area contributed by atoms with Crippen molar-refractivity contribution in [1.29, 1.82) is 0 Å². The van der Waals surface area contributed by atoms with Gasteiger partial charge in [-0.2, -0.15) is 0 Å². The average molecular weight is 330 g/mol. The Morgan fingerprint density at radius 1 is 1.25 bits per heavy atom. The number of para-hydroxylation sites is 1. The van der Waals surface area contributed by atoms with E-state index in [1.165, 1.54) is 0 Å². The SMILES string of the molecule is CCc1nc(C(=O)N[C@@H](CC(C)C)C(=O)O)nn1-c1ccccc1. The van der Waals surface area contributed by atoms with Crippen molar-refractivity contribution < 1.29 is 14.7 Å². The minimum atomic E-state index is -1.06. The summed E-state index contributed by atoms with van der Waals surface area (Å²) in [4.78, 5) is 27.9. The number of rotatable bonds is 7. The first-order chi connectivity index (χ1) is 11.4. The molecular weight excluding hydrogens is 308 g/mol. The van der Waals surface area contributed by atoms with E-state index in [9.17, 15) is 14.7 Å². The van der Waals surface area contributed by atoms with Gasteiger partial charge in [0, 0.05) is 6.42 Å². The molecule has 2 rings (SSSR count). The Balaban J connectivity index is 2.24. The van der Waals surface area contributed by atoms with Crippen LogP contribution in [0.3, 0.4) is 0 Å². The molecule has 1 amide bonds. The fraction of sp³-hybridized carbons (Fsp3) is 0.412. The van der Waals surface area contributed by atoms with E-state index >= 15 is 0 Å². The number of benzene rings is 1. The summed E-state index contributed by atoms with van der Waals surface area (Å²) in [5, 5.41) is 16.0. The summed E-state index contributed by atoms with van der Waals surface area (Å²) in [5.41, 5.74) is 0.804. The third-order valence-electron chi connectivity index (χ3n) is 3.50. The Hall–Kier alpha value is -2.70. The van der Waals surface area contributed by atoms with Crippen LogP contribution in [0.2, 0.25) is 0 Å². The van der Waals surface area contributed by atoms with Gasteiger partial charge in [-0.25, -0.2) is 14.5 Å². The molecule has 0 saturated heterocycles. The second-order valence-electron chi connectivity index (χ2n) is 5.95. The van der Waals surface area contributed by atoms with Crippen LogP contribution in [0.15, 0.2) is 30.3 Å². The number of nitrogens with one attached hydrogen (secondary N) is 1. The normalized spacial score (nSPS) is 12.2. The Morgan fingerprint density at radius 3 is 2.46 bits per heavy atom. The van der Waals surface area contributed by atoms with Crippen LogP contribution >= 0.6 is 0 Å². The van der Waals surface area contributed by atoms with Crippen molar-refractivity contribution in [2.75, 3.05) is 0 Å². The smallest absolute Gasteiger partial charge is 0.326 e. The minimum Gasteiger partial charge on any atom is -0.480 e. The van der Waals surface area contributed by atoms with Crippen LogP contribution in [0.1, 0.15) is 43.6 Å². The highest BCUT2D eigenvalue weighted by molar-refractivity contribution is 5.93. The molecule has 0 spiro atoms. The predicted octanol–water partition coefficient (Wildman–Crippen LogP) is 2.06. The summed E-state index contributed by atoms with van der Waals surface area (Å²) < 4.78 is 1.60. The maximum atomic E-state index is 12.3. The van der Waals surface area contributed by atoms with Crippen LogP contribution < -0.4 is 5.32 Å². The number of aryl methyl sites for hydroxylation is 1. The summed E-state index contributed by atoms with van der Waals surface area (Å²) in [6.45, 7) is 5.73. The van der Waals surface area contributed by atoms with Gasteiger partial charge in [0.2, 0.25) is 5.82 Å². The lowest BCUT2D eigenvalue weighted by molar-refractivity contribution is -0.139. The number of aromatic nitrogens is 3. The number of carboxylic acids is 1. The lowest BCUT2D eigenvalue weighted by Gasteiger charge is -2.15. The van der Waals surface area contributed by atoms with Gasteiger partial charge < -0.3 is 10.4 Å². The van der Waals surface area contributed by atoms with Crippen molar-refractivity contribution in [3.05, 3.63) is 42.0 Å². The Morgan fingerprint density at radius 2 is 1.92 bits per heavy atom. The number of carbonyl (C=O) groups excluding carboxylic acids is 1. The highest BCUT2D eigenvalue weighted by Gasteiger charge is 2.24. The van der Waals surface area contributed by atoms with Gasteiger partial charge >= 0.3 is 5.97 Å². The predicted molar refractivity (Wildman–Crippen MR) is 89.1 cm³/mol. The molecule has 1 aromatic carbocycles. The monoisotopic (exact) mass is 330 g/mol. The minimum absolute atomic E-state index is 0.0225. The number of carboxylic acid groups (broad SMARTS) is 1. The van der Waals surface area contributed by atoms with Crippen molar-refractivity contribution in [1.82, 2.24) is 20.1 Å². The van der Waals surface area contributed by atoms with Gasteiger partial charge in [0.05, 0.1) is 5.69 Å². The maximum Gasteiger partial charge on any atom is 0.326 e. The summed E-state index contributed by atoms with van der Waals surface area (Å²) in [5.74, 6) is -0.872. The van der Waals surface area contributed by atoms with Gasteiger partial charge in [-0.3, -0.25) is 4.79 Å². The molecular formula is C17H22N4O3. The van der Waals surface area contributed by atoms with Crippen molar-refractivity contribution in [3.8, 4) is 5.69 Å². The molecule has 2 N–H and O–H groups in total. The highest BCUT2D eigenvalue weighted by Crippen LogP contribution is 2.11. The van der Waals surface area contributed by atoms with Crippen LogP contribution in [0, 0.1) is 5.92 Å². The summed E-state index contributed by atoms with van der Waals surface area (Å²) in [6, 6.07) is 8.43. The first kappa shape index (κ1) is 17.7. The molecule has 7 heteroatoms.